The third kappa shape index (κ3) is 4.80. The highest BCUT2D eigenvalue weighted by molar-refractivity contribution is 5.77. The molecule has 2 amide bonds. The number of rotatable bonds is 7. The van der Waals surface area contributed by atoms with Gasteiger partial charge >= 0.3 is 6.03 Å². The Morgan fingerprint density at radius 3 is 2.24 bits per heavy atom. The first-order valence-corrected chi connectivity index (χ1v) is 11.3. The molecule has 4 nitrogen and oxygen atoms in total. The minimum atomic E-state index is -0.707. The Labute approximate surface area is 197 Å². The number of hydrogen-bond acceptors (Lipinski definition) is 2. The lowest BCUT2D eigenvalue weighted by molar-refractivity contribution is 0.117. The lowest BCUT2D eigenvalue weighted by Gasteiger charge is -2.45. The summed E-state index contributed by atoms with van der Waals surface area (Å²) in [7, 11) is 0. The van der Waals surface area contributed by atoms with E-state index in [1.165, 1.54) is 42.5 Å². The zero-order chi connectivity index (χ0) is 24.3. The molecule has 178 valence electrons. The number of hydrogen-bond donors (Lipinski definition) is 2. The van der Waals surface area contributed by atoms with E-state index in [9.17, 15) is 23.1 Å². The Kier molecular flexibility index (Phi) is 6.93. The third-order valence-electron chi connectivity index (χ3n) is 6.64. The normalized spacial score (nSPS) is 19.1. The molecule has 0 aromatic heterocycles. The minimum Gasteiger partial charge on any atom is -0.396 e. The van der Waals surface area contributed by atoms with E-state index in [0.29, 0.717) is 42.5 Å². The SMILES string of the molecule is C[C@@H](c1ccc(-c2ccc(F)cc2)c(F)c1)N1CC[C@@](CCCO)(c2ccc(F)cc2)NC1=O. The fraction of sp³-hybridized carbons (Fsp3) is 0.296. The summed E-state index contributed by atoms with van der Waals surface area (Å²) in [6.07, 6.45) is 1.57. The number of aliphatic hydroxyl groups is 1. The van der Waals surface area contributed by atoms with E-state index in [1.54, 1.807) is 29.2 Å². The van der Waals surface area contributed by atoms with Gasteiger partial charge in [0.05, 0.1) is 11.6 Å². The highest BCUT2D eigenvalue weighted by Crippen LogP contribution is 2.36. The lowest BCUT2D eigenvalue weighted by atomic mass is 9.81. The van der Waals surface area contributed by atoms with Crippen LogP contribution in [0.2, 0.25) is 0 Å². The van der Waals surface area contributed by atoms with E-state index in [2.05, 4.69) is 5.32 Å². The molecule has 0 spiro atoms. The van der Waals surface area contributed by atoms with Gasteiger partial charge in [-0.1, -0.05) is 36.4 Å². The minimum absolute atomic E-state index is 0.0153. The zero-order valence-corrected chi connectivity index (χ0v) is 18.9. The molecular weight excluding hydrogens is 441 g/mol. The number of amides is 2. The molecule has 1 aliphatic heterocycles. The predicted octanol–water partition coefficient (Wildman–Crippen LogP) is 5.92. The Morgan fingerprint density at radius 1 is 1.00 bits per heavy atom. The molecule has 1 fully saturated rings. The fourth-order valence-electron chi connectivity index (χ4n) is 4.65. The van der Waals surface area contributed by atoms with Crippen molar-refractivity contribution in [2.75, 3.05) is 13.2 Å². The Morgan fingerprint density at radius 2 is 1.65 bits per heavy atom. The maximum atomic E-state index is 14.9. The second-order valence-corrected chi connectivity index (χ2v) is 8.71. The number of benzene rings is 3. The average molecular weight is 469 g/mol. The molecule has 1 heterocycles. The lowest BCUT2D eigenvalue weighted by Crippen LogP contribution is -2.58. The van der Waals surface area contributed by atoms with E-state index in [1.807, 2.05) is 6.92 Å². The van der Waals surface area contributed by atoms with Gasteiger partial charge in [0.25, 0.3) is 0 Å². The number of carbonyl (C=O) groups excluding carboxylic acids is 1. The quantitative estimate of drug-likeness (QED) is 0.453. The molecule has 2 atom stereocenters. The van der Waals surface area contributed by atoms with Gasteiger partial charge in [0.15, 0.2) is 0 Å². The van der Waals surface area contributed by atoms with Crippen LogP contribution < -0.4 is 5.32 Å². The van der Waals surface area contributed by atoms with Crippen molar-refractivity contribution >= 4 is 6.03 Å². The van der Waals surface area contributed by atoms with Gasteiger partial charge < -0.3 is 15.3 Å². The number of nitrogens with zero attached hydrogens (tertiary/aromatic N) is 1. The van der Waals surface area contributed by atoms with E-state index in [0.717, 1.165) is 5.56 Å². The predicted molar refractivity (Wildman–Crippen MR) is 124 cm³/mol. The van der Waals surface area contributed by atoms with Gasteiger partial charge in [0.2, 0.25) is 0 Å². The van der Waals surface area contributed by atoms with Gasteiger partial charge in [-0.3, -0.25) is 0 Å². The summed E-state index contributed by atoms with van der Waals surface area (Å²) in [4.78, 5) is 14.8. The number of nitrogens with one attached hydrogen (secondary N) is 1. The fourth-order valence-corrected chi connectivity index (χ4v) is 4.65. The van der Waals surface area contributed by atoms with Crippen LogP contribution in [0.4, 0.5) is 18.0 Å². The highest BCUT2D eigenvalue weighted by Gasteiger charge is 2.40. The van der Waals surface area contributed by atoms with Crippen LogP contribution in [-0.4, -0.2) is 29.2 Å². The first kappa shape index (κ1) is 23.8. The van der Waals surface area contributed by atoms with Crippen LogP contribution in [0.15, 0.2) is 66.7 Å². The van der Waals surface area contributed by atoms with Crippen LogP contribution in [-0.2, 0) is 5.54 Å². The van der Waals surface area contributed by atoms with E-state index >= 15 is 0 Å². The molecule has 0 bridgehead atoms. The molecule has 7 heteroatoms. The summed E-state index contributed by atoms with van der Waals surface area (Å²) < 4.78 is 41.6. The number of aliphatic hydroxyl groups excluding tert-OH is 1. The standard InChI is InChI=1S/C27H27F3N2O2/c1-18(20-5-12-24(25(30)17-20)19-3-8-22(28)9-4-19)32-15-14-27(13-2-16-33,31-26(32)34)21-6-10-23(29)11-7-21/h3-12,17-18,33H,2,13-16H2,1H3,(H,31,34)/t18-,27-/m0/s1. The van der Waals surface area contributed by atoms with Crippen molar-refractivity contribution in [3.63, 3.8) is 0 Å². The average Bonchev–Trinajstić information content (AvgIpc) is 2.83. The Bertz CT molecular complexity index is 1150. The van der Waals surface area contributed by atoms with Gasteiger partial charge in [0, 0.05) is 18.7 Å². The summed E-state index contributed by atoms with van der Waals surface area (Å²) >= 11 is 0. The van der Waals surface area contributed by atoms with Gasteiger partial charge in [-0.05, 0) is 73.2 Å². The number of halogens is 3. The largest absolute Gasteiger partial charge is 0.396 e. The van der Waals surface area contributed by atoms with Crippen LogP contribution in [0.1, 0.15) is 43.4 Å². The maximum Gasteiger partial charge on any atom is 0.318 e. The monoisotopic (exact) mass is 468 g/mol. The van der Waals surface area contributed by atoms with Crippen molar-refractivity contribution < 1.29 is 23.1 Å². The van der Waals surface area contributed by atoms with Crippen molar-refractivity contribution in [1.82, 2.24) is 10.2 Å². The van der Waals surface area contributed by atoms with Crippen molar-refractivity contribution in [1.29, 1.82) is 0 Å². The molecule has 2 N–H and O–H groups in total. The van der Waals surface area contributed by atoms with Gasteiger partial charge in [-0.15, -0.1) is 0 Å². The molecule has 3 aromatic carbocycles. The van der Waals surface area contributed by atoms with Crippen LogP contribution in [0.5, 0.6) is 0 Å². The van der Waals surface area contributed by atoms with E-state index in [4.69, 9.17) is 0 Å². The van der Waals surface area contributed by atoms with Gasteiger partial charge in [0.1, 0.15) is 17.5 Å². The smallest absolute Gasteiger partial charge is 0.318 e. The molecular formula is C27H27F3N2O2. The number of urea groups is 1. The third-order valence-corrected chi connectivity index (χ3v) is 6.64. The summed E-state index contributed by atoms with van der Waals surface area (Å²) in [6, 6.07) is 15.8. The topological polar surface area (TPSA) is 52.6 Å². The number of carbonyl (C=O) groups is 1. The summed E-state index contributed by atoms with van der Waals surface area (Å²) in [5.41, 5.74) is 1.66. The van der Waals surface area contributed by atoms with E-state index in [-0.39, 0.29) is 30.3 Å². The summed E-state index contributed by atoms with van der Waals surface area (Å²) in [5, 5.41) is 12.4. The van der Waals surface area contributed by atoms with Crippen LogP contribution in [0.3, 0.4) is 0 Å². The molecule has 1 aliphatic rings. The van der Waals surface area contributed by atoms with Crippen LogP contribution in [0.25, 0.3) is 11.1 Å². The van der Waals surface area contributed by atoms with Crippen molar-refractivity contribution in [2.45, 2.75) is 37.8 Å². The van der Waals surface area contributed by atoms with Crippen molar-refractivity contribution in [2.24, 2.45) is 0 Å². The maximum absolute atomic E-state index is 14.9. The Hall–Kier alpha value is -3.32. The van der Waals surface area contributed by atoms with Crippen molar-refractivity contribution in [3.05, 3.63) is 95.3 Å². The van der Waals surface area contributed by atoms with Crippen LogP contribution in [0, 0.1) is 17.5 Å². The second kappa shape index (κ2) is 9.89. The molecule has 0 aliphatic carbocycles. The molecule has 4 rings (SSSR count). The molecule has 3 aromatic rings. The highest BCUT2D eigenvalue weighted by atomic mass is 19.1. The molecule has 0 unspecified atom stereocenters. The molecule has 1 saturated heterocycles. The summed E-state index contributed by atoms with van der Waals surface area (Å²) in [6.45, 7) is 2.24. The van der Waals surface area contributed by atoms with Gasteiger partial charge in [-0.2, -0.15) is 0 Å². The van der Waals surface area contributed by atoms with E-state index < -0.39 is 11.4 Å². The first-order chi connectivity index (χ1) is 16.3. The molecule has 0 radical (unpaired) electrons. The molecule has 0 saturated carbocycles. The van der Waals surface area contributed by atoms with Crippen molar-refractivity contribution in [3.8, 4) is 11.1 Å². The molecule has 34 heavy (non-hydrogen) atoms. The first-order valence-electron chi connectivity index (χ1n) is 11.3. The van der Waals surface area contributed by atoms with Crippen LogP contribution >= 0.6 is 0 Å². The Balaban J connectivity index is 1.54. The zero-order valence-electron chi connectivity index (χ0n) is 18.9. The summed E-state index contributed by atoms with van der Waals surface area (Å²) in [5.74, 6) is -1.19. The second-order valence-electron chi connectivity index (χ2n) is 8.71. The van der Waals surface area contributed by atoms with Gasteiger partial charge in [-0.25, -0.2) is 18.0 Å².